The van der Waals surface area contributed by atoms with Crippen molar-refractivity contribution in [1.82, 2.24) is 24.5 Å². The van der Waals surface area contributed by atoms with E-state index in [2.05, 4.69) is 19.8 Å². The van der Waals surface area contributed by atoms with Crippen LogP contribution in [0.3, 0.4) is 0 Å². The first-order chi connectivity index (χ1) is 14.4. The Morgan fingerprint density at radius 2 is 1.90 bits per heavy atom. The van der Waals surface area contributed by atoms with Crippen molar-refractivity contribution in [3.8, 4) is 11.3 Å². The summed E-state index contributed by atoms with van der Waals surface area (Å²) in [6.45, 7) is 2.37. The summed E-state index contributed by atoms with van der Waals surface area (Å²) in [6.07, 6.45) is 3.74. The second-order valence-electron chi connectivity index (χ2n) is 6.63. The van der Waals surface area contributed by atoms with E-state index < -0.39 is 10.0 Å². The van der Waals surface area contributed by atoms with Crippen molar-refractivity contribution in [3.05, 3.63) is 70.2 Å². The number of hydrogen-bond donors (Lipinski definition) is 1. The molecule has 0 radical (unpaired) electrons. The standard InChI is InChI=1S/C20H19N5O3S2/c1-14-23-18-4-3-16(13-19(18)29-14)30(27,28)22-9-2-12-25-20(26)6-5-17(24-25)15-7-10-21-11-8-15/h3-8,10-11,13,22H,2,9,12H2,1H3. The lowest BCUT2D eigenvalue weighted by Crippen LogP contribution is -2.28. The third kappa shape index (κ3) is 4.45. The van der Waals surface area contributed by atoms with Crippen LogP contribution in [-0.2, 0) is 16.6 Å². The molecule has 0 atom stereocenters. The molecule has 154 valence electrons. The summed E-state index contributed by atoms with van der Waals surface area (Å²) in [5, 5.41) is 5.25. The van der Waals surface area contributed by atoms with Crippen LogP contribution in [0.1, 0.15) is 11.4 Å². The normalized spacial score (nSPS) is 11.8. The molecule has 3 heterocycles. The summed E-state index contributed by atoms with van der Waals surface area (Å²) < 4.78 is 29.9. The molecule has 0 aliphatic rings. The van der Waals surface area contributed by atoms with Crippen LogP contribution in [0.2, 0.25) is 0 Å². The molecule has 8 nitrogen and oxygen atoms in total. The van der Waals surface area contributed by atoms with Crippen molar-refractivity contribution in [2.75, 3.05) is 6.54 Å². The summed E-state index contributed by atoms with van der Waals surface area (Å²) in [7, 11) is -3.64. The van der Waals surface area contributed by atoms with Crippen molar-refractivity contribution >= 4 is 31.6 Å². The van der Waals surface area contributed by atoms with Crippen molar-refractivity contribution in [2.45, 2.75) is 24.8 Å². The lowest BCUT2D eigenvalue weighted by atomic mass is 10.2. The van der Waals surface area contributed by atoms with Crippen molar-refractivity contribution in [1.29, 1.82) is 0 Å². The molecule has 4 rings (SSSR count). The van der Waals surface area contributed by atoms with E-state index in [1.807, 2.05) is 19.1 Å². The van der Waals surface area contributed by atoms with Gasteiger partial charge in [0, 0.05) is 37.1 Å². The lowest BCUT2D eigenvalue weighted by Gasteiger charge is -2.09. The van der Waals surface area contributed by atoms with Gasteiger partial charge in [0.05, 0.1) is 25.8 Å². The molecule has 0 amide bonds. The highest BCUT2D eigenvalue weighted by Crippen LogP contribution is 2.24. The average Bonchev–Trinajstić information content (AvgIpc) is 3.12. The van der Waals surface area contributed by atoms with Gasteiger partial charge >= 0.3 is 0 Å². The van der Waals surface area contributed by atoms with Gasteiger partial charge in [0.2, 0.25) is 10.0 Å². The summed E-state index contributed by atoms with van der Waals surface area (Å²) >= 11 is 1.46. The molecular formula is C20H19N5O3S2. The average molecular weight is 442 g/mol. The number of fused-ring (bicyclic) bond motifs is 1. The summed E-state index contributed by atoms with van der Waals surface area (Å²) in [6, 6.07) is 11.6. The highest BCUT2D eigenvalue weighted by Gasteiger charge is 2.15. The van der Waals surface area contributed by atoms with Crippen LogP contribution in [0, 0.1) is 6.92 Å². The molecule has 10 heteroatoms. The summed E-state index contributed by atoms with van der Waals surface area (Å²) in [4.78, 5) is 20.6. The first-order valence-electron chi connectivity index (χ1n) is 9.28. The maximum atomic E-state index is 12.6. The maximum absolute atomic E-state index is 12.6. The van der Waals surface area contributed by atoms with Gasteiger partial charge in [-0.3, -0.25) is 9.78 Å². The monoisotopic (exact) mass is 441 g/mol. The van der Waals surface area contributed by atoms with Gasteiger partial charge < -0.3 is 0 Å². The van der Waals surface area contributed by atoms with Crippen molar-refractivity contribution in [2.24, 2.45) is 0 Å². The second-order valence-corrected chi connectivity index (χ2v) is 9.63. The minimum atomic E-state index is -3.64. The van der Waals surface area contributed by atoms with E-state index >= 15 is 0 Å². The number of benzene rings is 1. The second kappa shape index (κ2) is 8.42. The van der Waals surface area contributed by atoms with Crippen LogP contribution in [0.5, 0.6) is 0 Å². The Kier molecular flexibility index (Phi) is 5.71. The summed E-state index contributed by atoms with van der Waals surface area (Å²) in [5.74, 6) is 0. The van der Waals surface area contributed by atoms with Crippen LogP contribution in [0.4, 0.5) is 0 Å². The third-order valence-electron chi connectivity index (χ3n) is 4.46. The number of rotatable bonds is 7. The molecule has 0 spiro atoms. The quantitative estimate of drug-likeness (QED) is 0.442. The van der Waals surface area contributed by atoms with Gasteiger partial charge in [0.25, 0.3) is 5.56 Å². The maximum Gasteiger partial charge on any atom is 0.266 e. The largest absolute Gasteiger partial charge is 0.268 e. The first-order valence-corrected chi connectivity index (χ1v) is 11.6. The molecule has 30 heavy (non-hydrogen) atoms. The summed E-state index contributed by atoms with van der Waals surface area (Å²) in [5.41, 5.74) is 2.07. The van der Waals surface area contributed by atoms with E-state index in [-0.39, 0.29) is 17.0 Å². The zero-order valence-electron chi connectivity index (χ0n) is 16.1. The van der Waals surface area contributed by atoms with Crippen molar-refractivity contribution in [3.63, 3.8) is 0 Å². The number of pyridine rings is 1. The number of nitrogens with zero attached hydrogens (tertiary/aromatic N) is 4. The van der Waals surface area contributed by atoms with Crippen LogP contribution < -0.4 is 10.3 Å². The topological polar surface area (TPSA) is 107 Å². The molecule has 3 aromatic heterocycles. The fourth-order valence-electron chi connectivity index (χ4n) is 2.99. The fourth-order valence-corrected chi connectivity index (χ4v) is 5.03. The minimum Gasteiger partial charge on any atom is -0.268 e. The molecule has 0 bridgehead atoms. The van der Waals surface area contributed by atoms with E-state index in [1.165, 1.54) is 22.1 Å². The number of aryl methyl sites for hydroxylation is 2. The molecule has 0 saturated heterocycles. The van der Waals surface area contributed by atoms with E-state index in [0.29, 0.717) is 18.7 Å². The predicted octanol–water partition coefficient (Wildman–Crippen LogP) is 2.59. The number of nitrogens with one attached hydrogen (secondary N) is 1. The fraction of sp³-hybridized carbons (Fsp3) is 0.200. The number of thiazole rings is 1. The van der Waals surface area contributed by atoms with Gasteiger partial charge in [-0.2, -0.15) is 5.10 Å². The predicted molar refractivity (Wildman–Crippen MR) is 116 cm³/mol. The molecule has 1 aromatic carbocycles. The molecule has 4 aromatic rings. The van der Waals surface area contributed by atoms with Crippen LogP contribution >= 0.6 is 11.3 Å². The Hall–Kier alpha value is -2.95. The van der Waals surface area contributed by atoms with E-state index in [9.17, 15) is 13.2 Å². The van der Waals surface area contributed by atoms with E-state index in [1.54, 1.807) is 36.7 Å². The van der Waals surface area contributed by atoms with E-state index in [4.69, 9.17) is 0 Å². The molecule has 1 N–H and O–H groups in total. The Morgan fingerprint density at radius 3 is 2.70 bits per heavy atom. The van der Waals surface area contributed by atoms with Crippen LogP contribution in [0.25, 0.3) is 21.5 Å². The van der Waals surface area contributed by atoms with Crippen LogP contribution in [0.15, 0.2) is 64.5 Å². The molecule has 0 fully saturated rings. The number of aromatic nitrogens is 4. The Bertz CT molecular complexity index is 1350. The minimum absolute atomic E-state index is 0.190. The zero-order valence-corrected chi connectivity index (χ0v) is 17.8. The SMILES string of the molecule is Cc1nc2ccc(S(=O)(=O)NCCCn3nc(-c4ccncc4)ccc3=O)cc2s1. The molecule has 0 saturated carbocycles. The molecule has 0 aliphatic heterocycles. The first kappa shape index (κ1) is 20.3. The van der Waals surface area contributed by atoms with E-state index in [0.717, 1.165) is 20.8 Å². The highest BCUT2D eigenvalue weighted by atomic mass is 32.2. The van der Waals surface area contributed by atoms with Crippen LogP contribution in [-0.4, -0.2) is 34.7 Å². The van der Waals surface area contributed by atoms with Gasteiger partial charge in [0.1, 0.15) is 0 Å². The van der Waals surface area contributed by atoms with Gasteiger partial charge in [-0.25, -0.2) is 22.8 Å². The number of sulfonamides is 1. The van der Waals surface area contributed by atoms with Crippen molar-refractivity contribution < 1.29 is 8.42 Å². The van der Waals surface area contributed by atoms with Gasteiger partial charge in [-0.05, 0) is 49.7 Å². The Labute approximate surface area is 177 Å². The third-order valence-corrected chi connectivity index (χ3v) is 6.85. The zero-order chi connectivity index (χ0) is 21.1. The van der Waals surface area contributed by atoms with Gasteiger partial charge in [0.15, 0.2) is 0 Å². The molecular weight excluding hydrogens is 422 g/mol. The highest BCUT2D eigenvalue weighted by molar-refractivity contribution is 7.89. The smallest absolute Gasteiger partial charge is 0.266 e. The Balaban J connectivity index is 1.41. The lowest BCUT2D eigenvalue weighted by molar-refractivity contribution is 0.537. The number of hydrogen-bond acceptors (Lipinski definition) is 7. The van der Waals surface area contributed by atoms with Gasteiger partial charge in [-0.1, -0.05) is 0 Å². The molecule has 0 unspecified atom stereocenters. The van der Waals surface area contributed by atoms with Gasteiger partial charge in [-0.15, -0.1) is 11.3 Å². The molecule has 0 aliphatic carbocycles. The Morgan fingerprint density at radius 1 is 1.10 bits per heavy atom.